The van der Waals surface area contributed by atoms with E-state index in [0.717, 1.165) is 30.0 Å². The van der Waals surface area contributed by atoms with Crippen LogP contribution in [0.25, 0.3) is 0 Å². The third-order valence-electron chi connectivity index (χ3n) is 3.39. The minimum atomic E-state index is -0.491. The van der Waals surface area contributed by atoms with Crippen LogP contribution in [0.1, 0.15) is 32.8 Å². The van der Waals surface area contributed by atoms with E-state index < -0.39 is 5.60 Å². The van der Waals surface area contributed by atoms with Crippen molar-refractivity contribution in [1.82, 2.24) is 5.01 Å². The molecule has 0 aromatic heterocycles. The van der Waals surface area contributed by atoms with Crippen molar-refractivity contribution in [3.8, 4) is 5.75 Å². The second-order valence-electron chi connectivity index (χ2n) is 6.18. The molecule has 0 radical (unpaired) electrons. The number of nitrogens with zero attached hydrogens (tertiary/aromatic N) is 2. The summed E-state index contributed by atoms with van der Waals surface area (Å²) in [6, 6.07) is 5.86. The van der Waals surface area contributed by atoms with E-state index in [9.17, 15) is 4.79 Å². The van der Waals surface area contributed by atoms with E-state index in [-0.39, 0.29) is 6.09 Å². The number of amides is 1. The largest absolute Gasteiger partial charge is 0.496 e. The highest BCUT2D eigenvalue weighted by molar-refractivity contribution is 5.73. The maximum Gasteiger partial charge on any atom is 0.429 e. The number of carbonyl (C=O) groups excluding carboxylic acids is 1. The van der Waals surface area contributed by atoms with Crippen molar-refractivity contribution >= 4 is 11.8 Å². The van der Waals surface area contributed by atoms with Gasteiger partial charge in [0, 0.05) is 18.7 Å². The van der Waals surface area contributed by atoms with Gasteiger partial charge in [0.05, 0.1) is 12.8 Å². The van der Waals surface area contributed by atoms with E-state index in [0.29, 0.717) is 6.54 Å². The molecule has 1 heterocycles. The fourth-order valence-electron chi connectivity index (χ4n) is 2.47. The summed E-state index contributed by atoms with van der Waals surface area (Å²) in [6.07, 6.45) is 0.623. The molecule has 0 atom stereocenters. The molecule has 0 spiro atoms. The van der Waals surface area contributed by atoms with Gasteiger partial charge in [-0.2, -0.15) is 0 Å². The summed E-state index contributed by atoms with van der Waals surface area (Å²) in [7, 11) is 1.65. The summed E-state index contributed by atoms with van der Waals surface area (Å²) < 4.78 is 10.8. The van der Waals surface area contributed by atoms with Crippen LogP contribution >= 0.6 is 0 Å². The van der Waals surface area contributed by atoms with Gasteiger partial charge in [-0.3, -0.25) is 5.01 Å². The Labute approximate surface area is 126 Å². The van der Waals surface area contributed by atoms with Crippen molar-refractivity contribution < 1.29 is 14.3 Å². The molecule has 1 aromatic rings. The van der Waals surface area contributed by atoms with Gasteiger partial charge in [0.1, 0.15) is 11.4 Å². The number of benzene rings is 1. The molecule has 0 unspecified atom stereocenters. The molecule has 5 nitrogen and oxygen atoms in total. The highest BCUT2D eigenvalue weighted by atomic mass is 16.6. The lowest BCUT2D eigenvalue weighted by Gasteiger charge is -2.32. The highest BCUT2D eigenvalue weighted by Crippen LogP contribution is 2.31. The summed E-state index contributed by atoms with van der Waals surface area (Å²) in [5.41, 5.74) is 1.52. The van der Waals surface area contributed by atoms with Gasteiger partial charge < -0.3 is 9.47 Å². The first-order chi connectivity index (χ1) is 9.83. The molecule has 0 saturated carbocycles. The van der Waals surface area contributed by atoms with Crippen molar-refractivity contribution in [1.29, 1.82) is 0 Å². The molecule has 0 N–H and O–H groups in total. The van der Waals surface area contributed by atoms with Crippen LogP contribution in [0.5, 0.6) is 5.75 Å². The smallest absolute Gasteiger partial charge is 0.429 e. The van der Waals surface area contributed by atoms with Gasteiger partial charge in [-0.05, 0) is 46.2 Å². The summed E-state index contributed by atoms with van der Waals surface area (Å²) >= 11 is 0. The van der Waals surface area contributed by atoms with Crippen LogP contribution in [0.3, 0.4) is 0 Å². The fourth-order valence-corrected chi connectivity index (χ4v) is 2.47. The molecule has 5 heteroatoms. The van der Waals surface area contributed by atoms with Crippen LogP contribution in [-0.2, 0) is 4.74 Å². The zero-order valence-corrected chi connectivity index (χ0v) is 13.5. The number of carbonyl (C=O) groups is 1. The third kappa shape index (κ3) is 3.40. The van der Waals surface area contributed by atoms with Gasteiger partial charge in [-0.25, -0.2) is 9.80 Å². The predicted octanol–water partition coefficient (Wildman–Crippen LogP) is 3.37. The predicted molar refractivity (Wildman–Crippen MR) is 82.6 cm³/mol. The number of hydrogen-bond acceptors (Lipinski definition) is 4. The highest BCUT2D eigenvalue weighted by Gasteiger charge is 2.31. The summed E-state index contributed by atoms with van der Waals surface area (Å²) in [6.45, 7) is 9.10. The lowest BCUT2D eigenvalue weighted by Crippen LogP contribution is -2.44. The van der Waals surface area contributed by atoms with Gasteiger partial charge >= 0.3 is 6.09 Å². The number of ether oxygens (including phenoxy) is 2. The lowest BCUT2D eigenvalue weighted by atomic mass is 10.1. The van der Waals surface area contributed by atoms with Crippen LogP contribution in [0, 0.1) is 6.92 Å². The standard InChI is InChI=1S/C16H24N2O3/c1-12-13(8-6-9-14(12)20-5)17-10-7-11-18(17)15(19)21-16(2,3)4/h6,8-9H,7,10-11H2,1-5H3. The molecule has 1 amide bonds. The second-order valence-corrected chi connectivity index (χ2v) is 6.18. The Kier molecular flexibility index (Phi) is 4.30. The second kappa shape index (κ2) is 5.84. The molecule has 21 heavy (non-hydrogen) atoms. The molecule has 1 aliphatic rings. The zero-order chi connectivity index (χ0) is 15.6. The van der Waals surface area contributed by atoms with E-state index in [1.165, 1.54) is 0 Å². The Morgan fingerprint density at radius 3 is 2.57 bits per heavy atom. The van der Waals surface area contributed by atoms with Gasteiger partial charge in [0.15, 0.2) is 0 Å². The summed E-state index contributed by atoms with van der Waals surface area (Å²) in [4.78, 5) is 12.3. The van der Waals surface area contributed by atoms with Crippen molar-refractivity contribution in [2.75, 3.05) is 25.2 Å². The lowest BCUT2D eigenvalue weighted by molar-refractivity contribution is 0.0274. The summed E-state index contributed by atoms with van der Waals surface area (Å²) in [5.74, 6) is 0.823. The maximum atomic E-state index is 12.3. The minimum Gasteiger partial charge on any atom is -0.496 e. The molecule has 1 aliphatic heterocycles. The Morgan fingerprint density at radius 2 is 1.95 bits per heavy atom. The average molecular weight is 292 g/mol. The van der Waals surface area contributed by atoms with Crippen LogP contribution in [0.2, 0.25) is 0 Å². The van der Waals surface area contributed by atoms with Crippen LogP contribution in [0.4, 0.5) is 10.5 Å². The topological polar surface area (TPSA) is 42.0 Å². The van der Waals surface area contributed by atoms with E-state index >= 15 is 0 Å². The van der Waals surface area contributed by atoms with Gasteiger partial charge in [-0.15, -0.1) is 0 Å². The molecule has 0 aliphatic carbocycles. The van der Waals surface area contributed by atoms with Crippen LogP contribution in [0.15, 0.2) is 18.2 Å². The van der Waals surface area contributed by atoms with E-state index in [1.54, 1.807) is 12.1 Å². The molecule has 1 aromatic carbocycles. The molecule has 1 saturated heterocycles. The Hall–Kier alpha value is -1.91. The molecular formula is C16H24N2O3. The van der Waals surface area contributed by atoms with Crippen molar-refractivity contribution in [3.05, 3.63) is 23.8 Å². The van der Waals surface area contributed by atoms with Crippen LogP contribution in [-0.4, -0.2) is 36.9 Å². The van der Waals surface area contributed by atoms with Gasteiger partial charge in [0.2, 0.25) is 0 Å². The molecule has 2 rings (SSSR count). The Balaban J connectivity index is 2.25. The van der Waals surface area contributed by atoms with E-state index in [2.05, 4.69) is 0 Å². The Bertz CT molecular complexity index is 523. The molecular weight excluding hydrogens is 268 g/mol. The van der Waals surface area contributed by atoms with Gasteiger partial charge in [-0.1, -0.05) is 6.07 Å². The first-order valence-electron chi connectivity index (χ1n) is 7.25. The summed E-state index contributed by atoms with van der Waals surface area (Å²) in [5, 5.41) is 3.65. The molecule has 1 fully saturated rings. The van der Waals surface area contributed by atoms with Crippen molar-refractivity contribution in [2.45, 2.75) is 39.7 Å². The van der Waals surface area contributed by atoms with Crippen molar-refractivity contribution in [3.63, 3.8) is 0 Å². The monoisotopic (exact) mass is 292 g/mol. The SMILES string of the molecule is COc1cccc(N2CCCN2C(=O)OC(C)(C)C)c1C. The van der Waals surface area contributed by atoms with E-state index in [4.69, 9.17) is 9.47 Å². The van der Waals surface area contributed by atoms with Crippen molar-refractivity contribution in [2.24, 2.45) is 0 Å². The first kappa shape index (κ1) is 15.5. The maximum absolute atomic E-state index is 12.3. The quantitative estimate of drug-likeness (QED) is 0.838. The first-order valence-corrected chi connectivity index (χ1v) is 7.25. The minimum absolute atomic E-state index is 0.304. The average Bonchev–Trinajstić information content (AvgIpc) is 2.86. The number of hydrazine groups is 1. The fraction of sp³-hybridized carbons (Fsp3) is 0.562. The van der Waals surface area contributed by atoms with Crippen LogP contribution < -0.4 is 9.75 Å². The Morgan fingerprint density at radius 1 is 1.24 bits per heavy atom. The number of rotatable bonds is 2. The number of methoxy groups -OCH3 is 1. The molecule has 0 bridgehead atoms. The third-order valence-corrected chi connectivity index (χ3v) is 3.39. The van der Waals surface area contributed by atoms with E-state index in [1.807, 2.05) is 50.9 Å². The van der Waals surface area contributed by atoms with Gasteiger partial charge in [0.25, 0.3) is 0 Å². The number of hydrogen-bond donors (Lipinski definition) is 0. The number of anilines is 1. The zero-order valence-electron chi connectivity index (χ0n) is 13.5. The normalized spacial score (nSPS) is 15.3. The molecule has 116 valence electrons.